The van der Waals surface area contributed by atoms with E-state index in [2.05, 4.69) is 0 Å². The van der Waals surface area contributed by atoms with E-state index in [4.69, 9.17) is 5.73 Å². The third kappa shape index (κ3) is 4.61. The number of hydrogen-bond acceptors (Lipinski definition) is 2. The van der Waals surface area contributed by atoms with E-state index in [0.29, 0.717) is 18.7 Å². The summed E-state index contributed by atoms with van der Waals surface area (Å²) in [7, 11) is 0. The molecule has 1 heterocycles. The van der Waals surface area contributed by atoms with Gasteiger partial charge in [0.1, 0.15) is 0 Å². The van der Waals surface area contributed by atoms with Crippen LogP contribution in [0.1, 0.15) is 36.8 Å². The van der Waals surface area contributed by atoms with E-state index in [0.717, 1.165) is 18.6 Å². The topological polar surface area (TPSA) is 46.3 Å². The van der Waals surface area contributed by atoms with Crippen LogP contribution in [-0.4, -0.2) is 29.9 Å². The molecular formula is C15H20ClF3N2O. The molecule has 1 aromatic rings. The van der Waals surface area contributed by atoms with Crippen molar-refractivity contribution >= 4 is 18.3 Å². The van der Waals surface area contributed by atoms with Crippen LogP contribution >= 0.6 is 12.4 Å². The Hall–Kier alpha value is -1.27. The zero-order valence-electron chi connectivity index (χ0n) is 12.3. The Balaban J connectivity index is 0.00000242. The summed E-state index contributed by atoms with van der Waals surface area (Å²) in [6.07, 6.45) is -3.38. The van der Waals surface area contributed by atoms with Crippen molar-refractivity contribution < 1.29 is 18.0 Å². The molecule has 0 spiro atoms. The van der Waals surface area contributed by atoms with Gasteiger partial charge >= 0.3 is 6.18 Å². The average molecular weight is 337 g/mol. The summed E-state index contributed by atoms with van der Waals surface area (Å²) >= 11 is 0. The van der Waals surface area contributed by atoms with E-state index in [1.54, 1.807) is 17.9 Å². The molecule has 1 saturated heterocycles. The van der Waals surface area contributed by atoms with E-state index in [1.165, 1.54) is 6.07 Å². The number of carbonyl (C=O) groups excluding carboxylic acids is 1. The maximum absolute atomic E-state index is 12.7. The monoisotopic (exact) mass is 336 g/mol. The summed E-state index contributed by atoms with van der Waals surface area (Å²) < 4.78 is 38.1. The Morgan fingerprint density at radius 2 is 2.14 bits per heavy atom. The van der Waals surface area contributed by atoms with Gasteiger partial charge in [0, 0.05) is 25.6 Å². The second-order valence-corrected chi connectivity index (χ2v) is 5.62. The quantitative estimate of drug-likeness (QED) is 0.921. The first-order valence-corrected chi connectivity index (χ1v) is 6.98. The summed E-state index contributed by atoms with van der Waals surface area (Å²) in [5, 5.41) is 0. The molecular weight excluding hydrogens is 317 g/mol. The van der Waals surface area contributed by atoms with Crippen LogP contribution in [0.5, 0.6) is 0 Å². The largest absolute Gasteiger partial charge is 0.416 e. The number of rotatable bonds is 3. The Bertz CT molecular complexity index is 522. The van der Waals surface area contributed by atoms with E-state index >= 15 is 0 Å². The van der Waals surface area contributed by atoms with Crippen LogP contribution in [0.3, 0.4) is 0 Å². The van der Waals surface area contributed by atoms with Crippen molar-refractivity contribution in [3.63, 3.8) is 0 Å². The van der Waals surface area contributed by atoms with Gasteiger partial charge in [-0.3, -0.25) is 4.79 Å². The van der Waals surface area contributed by atoms with Crippen LogP contribution in [0, 0.1) is 0 Å². The molecule has 1 aliphatic heterocycles. The van der Waals surface area contributed by atoms with Crippen molar-refractivity contribution in [2.24, 2.45) is 5.73 Å². The van der Waals surface area contributed by atoms with Crippen LogP contribution in [0.15, 0.2) is 24.3 Å². The third-order valence-corrected chi connectivity index (χ3v) is 3.84. The Morgan fingerprint density at radius 3 is 2.68 bits per heavy atom. The SMILES string of the molecule is CC(CC(=O)N1CC[C@@H](N)C1)c1cccc(C(F)(F)F)c1.Cl. The summed E-state index contributed by atoms with van der Waals surface area (Å²) in [4.78, 5) is 13.8. The molecule has 0 bridgehead atoms. The molecule has 7 heteroatoms. The molecule has 2 rings (SSSR count). The number of nitrogens with zero attached hydrogens (tertiary/aromatic N) is 1. The normalized spacial score (nSPS) is 19.7. The minimum Gasteiger partial charge on any atom is -0.341 e. The summed E-state index contributed by atoms with van der Waals surface area (Å²) in [5.41, 5.74) is 5.60. The fourth-order valence-corrected chi connectivity index (χ4v) is 2.54. The fraction of sp³-hybridized carbons (Fsp3) is 0.533. The smallest absolute Gasteiger partial charge is 0.341 e. The highest BCUT2D eigenvalue weighted by molar-refractivity contribution is 5.85. The first kappa shape index (κ1) is 18.8. The van der Waals surface area contributed by atoms with Crippen molar-refractivity contribution in [3.05, 3.63) is 35.4 Å². The Labute approximate surface area is 134 Å². The van der Waals surface area contributed by atoms with Crippen LogP contribution in [0.25, 0.3) is 0 Å². The molecule has 22 heavy (non-hydrogen) atoms. The lowest BCUT2D eigenvalue weighted by Crippen LogP contribution is -2.32. The maximum atomic E-state index is 12.7. The van der Waals surface area contributed by atoms with Gasteiger partial charge < -0.3 is 10.6 Å². The number of hydrogen-bond donors (Lipinski definition) is 1. The minimum absolute atomic E-state index is 0. The number of likely N-dealkylation sites (tertiary alicyclic amines) is 1. The van der Waals surface area contributed by atoms with Gasteiger partial charge in [0.2, 0.25) is 5.91 Å². The highest BCUT2D eigenvalue weighted by Crippen LogP contribution is 2.32. The minimum atomic E-state index is -4.36. The molecule has 1 aliphatic rings. The van der Waals surface area contributed by atoms with Crippen LogP contribution in [-0.2, 0) is 11.0 Å². The summed E-state index contributed by atoms with van der Waals surface area (Å²) in [5.74, 6) is -0.301. The van der Waals surface area contributed by atoms with Gasteiger partial charge in [-0.25, -0.2) is 0 Å². The van der Waals surface area contributed by atoms with Gasteiger partial charge in [0.15, 0.2) is 0 Å². The third-order valence-electron chi connectivity index (χ3n) is 3.84. The van der Waals surface area contributed by atoms with Crippen molar-refractivity contribution in [2.45, 2.75) is 37.9 Å². The molecule has 124 valence electrons. The molecule has 0 aromatic heterocycles. The highest BCUT2D eigenvalue weighted by atomic mass is 35.5. The van der Waals surface area contributed by atoms with E-state index in [9.17, 15) is 18.0 Å². The van der Waals surface area contributed by atoms with Gasteiger partial charge in [0.25, 0.3) is 0 Å². The first-order chi connectivity index (χ1) is 9.77. The van der Waals surface area contributed by atoms with Crippen molar-refractivity contribution in [3.8, 4) is 0 Å². The molecule has 2 N–H and O–H groups in total. The molecule has 1 aromatic carbocycles. The van der Waals surface area contributed by atoms with Crippen LogP contribution in [0.2, 0.25) is 0 Å². The molecule has 1 unspecified atom stereocenters. The van der Waals surface area contributed by atoms with Gasteiger partial charge in [-0.2, -0.15) is 13.2 Å². The van der Waals surface area contributed by atoms with Gasteiger partial charge in [-0.1, -0.05) is 25.1 Å². The standard InChI is InChI=1S/C15H19F3N2O.ClH/c1-10(7-14(21)20-6-5-13(19)9-20)11-3-2-4-12(8-11)15(16,17)18;/h2-4,8,10,13H,5-7,9,19H2,1H3;1H/t10?,13-;/m1./s1. The number of halogens is 4. The molecule has 3 nitrogen and oxygen atoms in total. The molecule has 0 saturated carbocycles. The summed E-state index contributed by atoms with van der Waals surface area (Å²) in [6, 6.07) is 5.18. The lowest BCUT2D eigenvalue weighted by atomic mass is 9.95. The predicted octanol–water partition coefficient (Wildman–Crippen LogP) is 3.18. The van der Waals surface area contributed by atoms with Gasteiger partial charge in [0.05, 0.1) is 5.56 Å². The number of nitrogens with two attached hydrogens (primary N) is 1. The lowest BCUT2D eigenvalue weighted by molar-refractivity contribution is -0.137. The predicted molar refractivity (Wildman–Crippen MR) is 80.9 cm³/mol. The zero-order chi connectivity index (χ0) is 15.6. The van der Waals surface area contributed by atoms with Crippen molar-refractivity contribution in [1.29, 1.82) is 0 Å². The first-order valence-electron chi connectivity index (χ1n) is 6.98. The fourth-order valence-electron chi connectivity index (χ4n) is 2.54. The zero-order valence-corrected chi connectivity index (χ0v) is 13.1. The Kier molecular flexibility index (Phi) is 6.26. The van der Waals surface area contributed by atoms with Crippen LogP contribution in [0.4, 0.5) is 13.2 Å². The molecule has 0 radical (unpaired) electrons. The maximum Gasteiger partial charge on any atom is 0.416 e. The van der Waals surface area contributed by atoms with E-state index in [1.807, 2.05) is 0 Å². The molecule has 1 fully saturated rings. The van der Waals surface area contributed by atoms with Crippen molar-refractivity contribution in [1.82, 2.24) is 4.90 Å². The number of benzene rings is 1. The average Bonchev–Trinajstić information content (AvgIpc) is 2.84. The number of carbonyl (C=O) groups is 1. The second kappa shape index (κ2) is 7.33. The van der Waals surface area contributed by atoms with E-state index < -0.39 is 11.7 Å². The Morgan fingerprint density at radius 1 is 1.45 bits per heavy atom. The second-order valence-electron chi connectivity index (χ2n) is 5.62. The summed E-state index contributed by atoms with van der Waals surface area (Å²) in [6.45, 7) is 2.94. The van der Waals surface area contributed by atoms with Gasteiger partial charge in [-0.05, 0) is 24.0 Å². The molecule has 0 aliphatic carbocycles. The van der Waals surface area contributed by atoms with Gasteiger partial charge in [-0.15, -0.1) is 12.4 Å². The van der Waals surface area contributed by atoms with E-state index in [-0.39, 0.29) is 36.7 Å². The molecule has 1 amide bonds. The van der Waals surface area contributed by atoms with Crippen molar-refractivity contribution in [2.75, 3.05) is 13.1 Å². The molecule has 2 atom stereocenters. The van der Waals surface area contributed by atoms with Crippen LogP contribution < -0.4 is 5.73 Å². The number of alkyl halides is 3. The lowest BCUT2D eigenvalue weighted by Gasteiger charge is -2.19. The number of amides is 1. The highest BCUT2D eigenvalue weighted by Gasteiger charge is 2.31.